The molecule has 0 atom stereocenters. The molecular weight excluding hydrogens is 488 g/mol. The molecule has 9 nitrogen and oxygen atoms in total. The molecule has 198 valence electrons. The summed E-state index contributed by atoms with van der Waals surface area (Å²) in [5, 5.41) is 9.91. The zero-order valence-electron chi connectivity index (χ0n) is 22.0. The number of aryl methyl sites for hydroxylation is 3. The third-order valence-corrected chi connectivity index (χ3v) is 7.46. The van der Waals surface area contributed by atoms with Gasteiger partial charge in [-0.15, -0.1) is 0 Å². The summed E-state index contributed by atoms with van der Waals surface area (Å²) in [6, 6.07) is 12.2. The maximum atomic E-state index is 13.1. The molecule has 3 N–H and O–H groups in total. The number of nitrogens with one attached hydrogen (secondary N) is 3. The van der Waals surface area contributed by atoms with Crippen LogP contribution in [0, 0.1) is 12.8 Å². The number of hydrogen-bond acceptors (Lipinski definition) is 8. The van der Waals surface area contributed by atoms with Crippen LogP contribution in [0.25, 0.3) is 0 Å². The Balaban J connectivity index is 1.17. The number of carbonyl (C=O) groups excluding carboxylic acids is 1. The van der Waals surface area contributed by atoms with Crippen LogP contribution >= 0.6 is 0 Å². The smallest absolute Gasteiger partial charge is 0.229 e. The van der Waals surface area contributed by atoms with E-state index in [1.807, 2.05) is 49.8 Å². The second-order valence-corrected chi connectivity index (χ2v) is 10.3. The van der Waals surface area contributed by atoms with Crippen molar-refractivity contribution in [3.63, 3.8) is 0 Å². The van der Waals surface area contributed by atoms with Crippen molar-refractivity contribution in [2.75, 3.05) is 33.9 Å². The van der Waals surface area contributed by atoms with Crippen LogP contribution in [0.5, 0.6) is 0 Å². The van der Waals surface area contributed by atoms with Crippen molar-refractivity contribution >= 4 is 40.4 Å². The molecule has 6 bridgehead atoms. The summed E-state index contributed by atoms with van der Waals surface area (Å²) in [6.45, 7) is 3.89. The molecule has 0 spiro atoms. The summed E-state index contributed by atoms with van der Waals surface area (Å²) in [5.74, 6) is 1.69. The van der Waals surface area contributed by atoms with Gasteiger partial charge in [0.05, 0.1) is 11.9 Å². The Morgan fingerprint density at radius 3 is 2.67 bits per heavy atom. The lowest BCUT2D eigenvalue weighted by Crippen LogP contribution is -2.34. The molecule has 1 saturated heterocycles. The Labute approximate surface area is 228 Å². The Bertz CT molecular complexity index is 1470. The molecule has 0 aliphatic carbocycles. The summed E-state index contributed by atoms with van der Waals surface area (Å²) in [4.78, 5) is 33.1. The summed E-state index contributed by atoms with van der Waals surface area (Å²) >= 11 is 0. The van der Waals surface area contributed by atoms with Crippen LogP contribution in [0.2, 0.25) is 0 Å². The zero-order chi connectivity index (χ0) is 26.6. The van der Waals surface area contributed by atoms with Gasteiger partial charge in [0.2, 0.25) is 11.9 Å². The highest BCUT2D eigenvalue weighted by Crippen LogP contribution is 2.29. The van der Waals surface area contributed by atoms with E-state index < -0.39 is 0 Å². The van der Waals surface area contributed by atoms with Crippen LogP contribution in [0.1, 0.15) is 36.0 Å². The highest BCUT2D eigenvalue weighted by molar-refractivity contribution is 5.92. The van der Waals surface area contributed by atoms with E-state index in [1.54, 1.807) is 12.4 Å². The largest absolute Gasteiger partial charge is 0.371 e. The van der Waals surface area contributed by atoms with E-state index in [-0.39, 0.29) is 5.91 Å². The first-order valence-electron chi connectivity index (χ1n) is 13.5. The quantitative estimate of drug-likeness (QED) is 0.328. The fourth-order valence-corrected chi connectivity index (χ4v) is 5.28. The minimum Gasteiger partial charge on any atom is -0.371 e. The lowest BCUT2D eigenvalue weighted by Gasteiger charge is -2.33. The molecule has 0 radical (unpaired) electrons. The maximum absolute atomic E-state index is 13.1. The number of hydrogen-bond donors (Lipinski definition) is 3. The van der Waals surface area contributed by atoms with Crippen LogP contribution in [0.15, 0.2) is 67.4 Å². The molecule has 3 aromatic heterocycles. The molecule has 2 aliphatic rings. The van der Waals surface area contributed by atoms with Crippen LogP contribution < -0.4 is 20.9 Å². The highest BCUT2D eigenvalue weighted by Gasteiger charge is 2.22. The lowest BCUT2D eigenvalue weighted by atomic mass is 9.92. The number of nitrogens with zero attached hydrogens (tertiary/aromatic N) is 5. The van der Waals surface area contributed by atoms with Crippen LogP contribution in [0.3, 0.4) is 0 Å². The number of aromatic nitrogens is 4. The lowest BCUT2D eigenvalue weighted by molar-refractivity contribution is -0.117. The van der Waals surface area contributed by atoms with Gasteiger partial charge in [0.1, 0.15) is 5.82 Å². The van der Waals surface area contributed by atoms with Gasteiger partial charge in [-0.1, -0.05) is 0 Å². The minimum atomic E-state index is 0.0707. The standard InChI is InChI=1S/C30H32N8O/c1-20-17-33-30-35-25-14-22(18-32-19-25)2-3-23-16-24(34-29(20)37-30)4-5-27(23)36-28(39)15-21-8-12-38(13-9-21)26-6-10-31-11-7-26/h4-7,10-11,14,16-19,21H,2-3,8-9,12-13,15H2,1H3,(H,36,39)(H2,33,34,35,37). The van der Waals surface area contributed by atoms with Gasteiger partial charge >= 0.3 is 0 Å². The van der Waals surface area contributed by atoms with Gasteiger partial charge in [0.25, 0.3) is 0 Å². The first-order valence-corrected chi connectivity index (χ1v) is 13.5. The van der Waals surface area contributed by atoms with Crippen molar-refractivity contribution < 1.29 is 4.79 Å². The predicted molar refractivity (Wildman–Crippen MR) is 154 cm³/mol. The number of fused-ring (bicyclic) bond motifs is 6. The maximum Gasteiger partial charge on any atom is 0.229 e. The second-order valence-electron chi connectivity index (χ2n) is 10.3. The average Bonchev–Trinajstić information content (AvgIpc) is 2.96. The fraction of sp³-hybridized carbons (Fsp3) is 0.300. The van der Waals surface area contributed by atoms with Crippen molar-refractivity contribution in [2.24, 2.45) is 5.92 Å². The van der Waals surface area contributed by atoms with Gasteiger partial charge in [-0.3, -0.25) is 14.8 Å². The monoisotopic (exact) mass is 520 g/mol. The number of piperidine rings is 1. The number of rotatable bonds is 4. The summed E-state index contributed by atoms with van der Waals surface area (Å²) in [7, 11) is 0. The number of amides is 1. The van der Waals surface area contributed by atoms with Crippen molar-refractivity contribution in [2.45, 2.75) is 39.0 Å². The first-order chi connectivity index (χ1) is 19.1. The first kappa shape index (κ1) is 24.8. The van der Waals surface area contributed by atoms with Gasteiger partial charge in [-0.25, -0.2) is 4.98 Å². The number of anilines is 6. The van der Waals surface area contributed by atoms with E-state index in [2.05, 4.69) is 52.9 Å². The molecule has 1 aromatic carbocycles. The molecule has 39 heavy (non-hydrogen) atoms. The van der Waals surface area contributed by atoms with Crippen LogP contribution in [-0.2, 0) is 17.6 Å². The van der Waals surface area contributed by atoms with E-state index in [4.69, 9.17) is 0 Å². The Morgan fingerprint density at radius 2 is 1.82 bits per heavy atom. The van der Waals surface area contributed by atoms with Crippen LogP contribution in [-0.4, -0.2) is 38.9 Å². The third-order valence-electron chi connectivity index (χ3n) is 7.46. The van der Waals surface area contributed by atoms with Crippen molar-refractivity contribution in [3.05, 3.63) is 84.1 Å². The average molecular weight is 521 g/mol. The molecule has 0 unspecified atom stereocenters. The van der Waals surface area contributed by atoms with Crippen molar-refractivity contribution in [1.82, 2.24) is 19.9 Å². The van der Waals surface area contributed by atoms with Gasteiger partial charge in [0.15, 0.2) is 0 Å². The number of carbonyl (C=O) groups is 1. The molecule has 9 heteroatoms. The molecule has 2 aliphatic heterocycles. The predicted octanol–water partition coefficient (Wildman–Crippen LogP) is 5.41. The van der Waals surface area contributed by atoms with E-state index in [1.165, 1.54) is 5.69 Å². The molecule has 1 amide bonds. The van der Waals surface area contributed by atoms with E-state index >= 15 is 0 Å². The molecule has 0 saturated carbocycles. The van der Waals surface area contributed by atoms with Crippen LogP contribution in [0.4, 0.5) is 34.5 Å². The van der Waals surface area contributed by atoms with Gasteiger partial charge in [-0.05, 0) is 86.1 Å². The van der Waals surface area contributed by atoms with Crippen molar-refractivity contribution in [3.8, 4) is 0 Å². The van der Waals surface area contributed by atoms with E-state index in [0.29, 0.717) is 18.3 Å². The fourth-order valence-electron chi connectivity index (χ4n) is 5.28. The Morgan fingerprint density at radius 1 is 0.974 bits per heavy atom. The topological polar surface area (TPSA) is 108 Å². The summed E-state index contributed by atoms with van der Waals surface area (Å²) < 4.78 is 0. The second kappa shape index (κ2) is 11.1. The van der Waals surface area contributed by atoms with E-state index in [9.17, 15) is 4.79 Å². The summed E-state index contributed by atoms with van der Waals surface area (Å²) in [6.07, 6.45) is 13.2. The van der Waals surface area contributed by atoms with E-state index in [0.717, 1.165) is 78.3 Å². The molecule has 4 aromatic rings. The SMILES string of the molecule is Cc1cnc2nc1Nc1ccc(NC(=O)CC3CCN(c4ccncc4)CC3)c(c1)CCc1cncc(c1)N2. The molecule has 1 fully saturated rings. The molecular formula is C30H32N8O. The summed E-state index contributed by atoms with van der Waals surface area (Å²) in [5.41, 5.74) is 6.94. The normalized spacial score (nSPS) is 15.2. The molecule has 6 rings (SSSR count). The number of pyridine rings is 2. The van der Waals surface area contributed by atoms with Gasteiger partial charge in [0, 0.05) is 66.9 Å². The Hall–Kier alpha value is -4.53. The van der Waals surface area contributed by atoms with Crippen molar-refractivity contribution in [1.29, 1.82) is 0 Å². The Kier molecular flexibility index (Phi) is 7.03. The molecule has 5 heterocycles. The number of benzene rings is 1. The van der Waals surface area contributed by atoms with Gasteiger partial charge < -0.3 is 20.9 Å². The highest BCUT2D eigenvalue weighted by atomic mass is 16.1. The van der Waals surface area contributed by atoms with Gasteiger partial charge in [-0.2, -0.15) is 4.98 Å². The zero-order valence-corrected chi connectivity index (χ0v) is 22.0. The minimum absolute atomic E-state index is 0.0707. The third kappa shape index (κ3) is 5.98.